The first-order valence-electron chi connectivity index (χ1n) is 7.49. The van der Waals surface area contributed by atoms with Gasteiger partial charge in [0.25, 0.3) is 0 Å². The Balaban J connectivity index is 2.45. The second-order valence-electron chi connectivity index (χ2n) is 7.23. The summed E-state index contributed by atoms with van der Waals surface area (Å²) in [5.74, 6) is 0.945. The molecule has 17 heavy (non-hydrogen) atoms. The Hall–Kier alpha value is 0.480. The van der Waals surface area contributed by atoms with E-state index in [1.807, 2.05) is 0 Å². The average molecular weight is 303 g/mol. The van der Waals surface area contributed by atoms with Crippen molar-refractivity contribution >= 4 is 15.9 Å². The monoisotopic (exact) mass is 302 g/mol. The Morgan fingerprint density at radius 3 is 2.12 bits per heavy atom. The van der Waals surface area contributed by atoms with Gasteiger partial charge in [0.1, 0.15) is 0 Å². The van der Waals surface area contributed by atoms with E-state index in [0.717, 1.165) is 5.92 Å². The molecular formula is C16H31Br. The lowest BCUT2D eigenvalue weighted by molar-refractivity contribution is 0.0954. The third-order valence-electron chi connectivity index (χ3n) is 4.87. The lowest BCUT2D eigenvalue weighted by atomic mass is 9.63. The highest BCUT2D eigenvalue weighted by Crippen LogP contribution is 2.48. The molecule has 102 valence electrons. The van der Waals surface area contributed by atoms with Crippen LogP contribution in [-0.4, -0.2) is 5.33 Å². The van der Waals surface area contributed by atoms with Crippen molar-refractivity contribution in [2.24, 2.45) is 16.7 Å². The van der Waals surface area contributed by atoms with Crippen LogP contribution < -0.4 is 0 Å². The summed E-state index contributed by atoms with van der Waals surface area (Å²) in [5.41, 5.74) is 1.15. The predicted molar refractivity (Wildman–Crippen MR) is 81.8 cm³/mol. The van der Waals surface area contributed by atoms with Crippen molar-refractivity contribution in [2.45, 2.75) is 79.1 Å². The average Bonchev–Trinajstić information content (AvgIpc) is 2.29. The standard InChI is InChI=1S/C16H31Br/c1-5-6-7-10-16(13-17)11-8-14(9-12-16)15(2,3)4/h14H,5-13H2,1-4H3. The van der Waals surface area contributed by atoms with Crippen molar-refractivity contribution in [1.29, 1.82) is 0 Å². The van der Waals surface area contributed by atoms with E-state index in [4.69, 9.17) is 0 Å². The first-order chi connectivity index (χ1) is 7.93. The quantitative estimate of drug-likeness (QED) is 0.420. The van der Waals surface area contributed by atoms with Crippen molar-refractivity contribution < 1.29 is 0 Å². The Kier molecular flexibility index (Phi) is 6.02. The van der Waals surface area contributed by atoms with Crippen LogP contribution in [0.15, 0.2) is 0 Å². The van der Waals surface area contributed by atoms with Crippen molar-refractivity contribution in [3.05, 3.63) is 0 Å². The number of hydrogen-bond acceptors (Lipinski definition) is 0. The molecule has 0 aromatic rings. The van der Waals surface area contributed by atoms with E-state index in [-0.39, 0.29) is 0 Å². The highest BCUT2D eigenvalue weighted by Gasteiger charge is 2.37. The van der Waals surface area contributed by atoms with E-state index in [1.54, 1.807) is 0 Å². The Morgan fingerprint density at radius 2 is 1.71 bits per heavy atom. The molecule has 0 N–H and O–H groups in total. The van der Waals surface area contributed by atoms with Gasteiger partial charge in [0, 0.05) is 5.33 Å². The molecule has 1 rings (SSSR count). The molecule has 0 spiro atoms. The molecule has 0 aliphatic heterocycles. The lowest BCUT2D eigenvalue weighted by Gasteiger charge is -2.43. The fraction of sp³-hybridized carbons (Fsp3) is 1.00. The van der Waals surface area contributed by atoms with E-state index < -0.39 is 0 Å². The minimum Gasteiger partial charge on any atom is -0.0922 e. The van der Waals surface area contributed by atoms with Crippen molar-refractivity contribution in [2.75, 3.05) is 5.33 Å². The van der Waals surface area contributed by atoms with Gasteiger partial charge >= 0.3 is 0 Å². The van der Waals surface area contributed by atoms with Gasteiger partial charge in [-0.05, 0) is 48.9 Å². The van der Waals surface area contributed by atoms with Crippen LogP contribution in [0.5, 0.6) is 0 Å². The second kappa shape index (κ2) is 6.59. The van der Waals surface area contributed by atoms with Crippen LogP contribution in [0, 0.1) is 16.7 Å². The molecule has 0 saturated heterocycles. The first kappa shape index (κ1) is 15.5. The SMILES string of the molecule is CCCCCC1(CBr)CCC(C(C)(C)C)CC1. The second-order valence-corrected chi connectivity index (χ2v) is 7.79. The fourth-order valence-electron chi connectivity index (χ4n) is 3.30. The van der Waals surface area contributed by atoms with Crippen LogP contribution >= 0.6 is 15.9 Å². The van der Waals surface area contributed by atoms with Crippen LogP contribution in [-0.2, 0) is 0 Å². The summed E-state index contributed by atoms with van der Waals surface area (Å²) in [7, 11) is 0. The largest absolute Gasteiger partial charge is 0.0922 e. The Bertz CT molecular complexity index is 206. The minimum absolute atomic E-state index is 0.516. The maximum absolute atomic E-state index is 3.79. The molecular weight excluding hydrogens is 272 g/mol. The topological polar surface area (TPSA) is 0 Å². The number of hydrogen-bond donors (Lipinski definition) is 0. The van der Waals surface area contributed by atoms with E-state index in [9.17, 15) is 0 Å². The van der Waals surface area contributed by atoms with E-state index in [1.165, 1.54) is 56.7 Å². The lowest BCUT2D eigenvalue weighted by Crippen LogP contribution is -2.33. The number of alkyl halides is 1. The molecule has 0 aromatic heterocycles. The highest BCUT2D eigenvalue weighted by atomic mass is 79.9. The van der Waals surface area contributed by atoms with Gasteiger partial charge < -0.3 is 0 Å². The van der Waals surface area contributed by atoms with E-state index >= 15 is 0 Å². The molecule has 0 heterocycles. The minimum atomic E-state index is 0.516. The van der Waals surface area contributed by atoms with Crippen LogP contribution in [0.25, 0.3) is 0 Å². The van der Waals surface area contributed by atoms with Crippen LogP contribution in [0.1, 0.15) is 79.1 Å². The maximum Gasteiger partial charge on any atom is 0.00879 e. The molecule has 0 unspecified atom stereocenters. The number of halogens is 1. The molecule has 0 nitrogen and oxygen atoms in total. The molecule has 0 aromatic carbocycles. The van der Waals surface area contributed by atoms with Crippen molar-refractivity contribution in [1.82, 2.24) is 0 Å². The summed E-state index contributed by atoms with van der Waals surface area (Å²) in [4.78, 5) is 0. The zero-order valence-corrected chi connectivity index (χ0v) is 13.9. The molecule has 1 fully saturated rings. The zero-order chi connectivity index (χ0) is 12.9. The van der Waals surface area contributed by atoms with Gasteiger partial charge in [0.15, 0.2) is 0 Å². The molecule has 0 radical (unpaired) electrons. The van der Waals surface area contributed by atoms with E-state index in [2.05, 4.69) is 43.6 Å². The third-order valence-corrected chi connectivity index (χ3v) is 6.05. The maximum atomic E-state index is 3.79. The Morgan fingerprint density at radius 1 is 1.12 bits per heavy atom. The van der Waals surface area contributed by atoms with Gasteiger partial charge in [0.2, 0.25) is 0 Å². The third kappa shape index (κ3) is 4.58. The normalized spacial score (nSPS) is 30.5. The number of rotatable bonds is 5. The molecule has 1 aliphatic carbocycles. The van der Waals surface area contributed by atoms with Gasteiger partial charge in [-0.15, -0.1) is 0 Å². The van der Waals surface area contributed by atoms with Gasteiger partial charge in [-0.3, -0.25) is 0 Å². The van der Waals surface area contributed by atoms with Crippen molar-refractivity contribution in [3.63, 3.8) is 0 Å². The Labute approximate surface area is 117 Å². The number of unbranched alkanes of at least 4 members (excludes halogenated alkanes) is 2. The first-order valence-corrected chi connectivity index (χ1v) is 8.62. The van der Waals surface area contributed by atoms with Gasteiger partial charge in [-0.1, -0.05) is 62.9 Å². The van der Waals surface area contributed by atoms with Gasteiger partial charge in [0.05, 0.1) is 0 Å². The predicted octanol–water partition coefficient (Wildman–Crippen LogP) is 6.18. The van der Waals surface area contributed by atoms with Crippen LogP contribution in [0.2, 0.25) is 0 Å². The summed E-state index contributed by atoms with van der Waals surface area (Å²) >= 11 is 3.79. The molecule has 0 atom stereocenters. The molecule has 0 amide bonds. The molecule has 1 saturated carbocycles. The fourth-order valence-corrected chi connectivity index (χ4v) is 4.14. The summed E-state index contributed by atoms with van der Waals surface area (Å²) in [6.45, 7) is 9.54. The molecule has 1 heteroatoms. The summed E-state index contributed by atoms with van der Waals surface area (Å²) < 4.78 is 0. The highest BCUT2D eigenvalue weighted by molar-refractivity contribution is 9.09. The summed E-state index contributed by atoms with van der Waals surface area (Å²) in [6.07, 6.45) is 11.4. The van der Waals surface area contributed by atoms with Gasteiger partial charge in [-0.2, -0.15) is 0 Å². The molecule has 1 aliphatic rings. The summed E-state index contributed by atoms with van der Waals surface area (Å²) in [5, 5.41) is 1.22. The van der Waals surface area contributed by atoms with E-state index in [0.29, 0.717) is 10.8 Å². The molecule has 0 bridgehead atoms. The zero-order valence-electron chi connectivity index (χ0n) is 12.3. The van der Waals surface area contributed by atoms with Crippen LogP contribution in [0.3, 0.4) is 0 Å². The smallest absolute Gasteiger partial charge is 0.00879 e. The van der Waals surface area contributed by atoms with Crippen LogP contribution in [0.4, 0.5) is 0 Å². The van der Waals surface area contributed by atoms with Crippen molar-refractivity contribution in [3.8, 4) is 0 Å². The summed E-state index contributed by atoms with van der Waals surface area (Å²) in [6, 6.07) is 0. The van der Waals surface area contributed by atoms with Gasteiger partial charge in [-0.25, -0.2) is 0 Å².